The summed E-state index contributed by atoms with van der Waals surface area (Å²) in [4.78, 5) is 31.0. The molecule has 0 radical (unpaired) electrons. The number of benzene rings is 2. The van der Waals surface area contributed by atoms with Crippen LogP contribution in [0.5, 0.6) is 0 Å². The second-order valence-electron chi connectivity index (χ2n) is 6.81. The highest BCUT2D eigenvalue weighted by Gasteiger charge is 2.19. The van der Waals surface area contributed by atoms with Gasteiger partial charge in [-0.3, -0.25) is 14.7 Å². The number of aromatic nitrogens is 3. The van der Waals surface area contributed by atoms with E-state index in [1.807, 2.05) is 17.0 Å². The molecule has 2 N–H and O–H groups in total. The molecule has 1 aromatic heterocycles. The molecule has 4 rings (SSSR count). The second kappa shape index (κ2) is 8.91. The highest BCUT2D eigenvalue weighted by atomic mass is 32.2. The second-order valence-corrected chi connectivity index (χ2v) is 7.77. The van der Waals surface area contributed by atoms with Crippen LogP contribution >= 0.6 is 11.8 Å². The maximum atomic E-state index is 12.6. The monoisotopic (exact) mass is 407 g/mol. The molecule has 0 saturated carbocycles. The summed E-state index contributed by atoms with van der Waals surface area (Å²) in [5.41, 5.74) is 2.87. The lowest BCUT2D eigenvalue weighted by molar-refractivity contribution is 0.0792. The molecular weight excluding hydrogens is 386 g/mol. The van der Waals surface area contributed by atoms with Crippen LogP contribution in [0.25, 0.3) is 0 Å². The maximum Gasteiger partial charge on any atom is 0.255 e. The number of likely N-dealkylation sites (tertiary alicyclic amines) is 1. The van der Waals surface area contributed by atoms with Gasteiger partial charge in [0.15, 0.2) is 5.16 Å². The molecule has 0 unspecified atom stereocenters. The van der Waals surface area contributed by atoms with E-state index in [9.17, 15) is 9.59 Å². The Kier molecular flexibility index (Phi) is 5.90. The quantitative estimate of drug-likeness (QED) is 0.610. The number of thioether (sulfide) groups is 1. The third-order valence-electron chi connectivity index (χ3n) is 4.75. The molecule has 8 heteroatoms. The average molecular weight is 407 g/mol. The SMILES string of the molecule is O=C(Nc1cccc(C(=O)N2CCCC2)c1)c1ccc(CSc2ncn[nH]2)cc1. The minimum absolute atomic E-state index is 0.0206. The molecule has 2 aromatic carbocycles. The van der Waals surface area contributed by atoms with Crippen molar-refractivity contribution in [1.82, 2.24) is 20.1 Å². The highest BCUT2D eigenvalue weighted by molar-refractivity contribution is 7.98. The van der Waals surface area contributed by atoms with Crippen LogP contribution in [0.1, 0.15) is 39.1 Å². The van der Waals surface area contributed by atoms with Crippen molar-refractivity contribution < 1.29 is 9.59 Å². The minimum atomic E-state index is -0.204. The number of hydrogen-bond donors (Lipinski definition) is 2. The first-order valence-electron chi connectivity index (χ1n) is 9.47. The van der Waals surface area contributed by atoms with E-state index in [-0.39, 0.29) is 11.8 Å². The van der Waals surface area contributed by atoms with Crippen LogP contribution in [-0.4, -0.2) is 45.0 Å². The number of nitrogens with one attached hydrogen (secondary N) is 2. The zero-order valence-electron chi connectivity index (χ0n) is 15.8. The van der Waals surface area contributed by atoms with Gasteiger partial charge in [-0.2, -0.15) is 5.10 Å². The molecule has 1 saturated heterocycles. The van der Waals surface area contributed by atoms with Gasteiger partial charge < -0.3 is 10.2 Å². The van der Waals surface area contributed by atoms with E-state index in [1.165, 1.54) is 6.33 Å². The maximum absolute atomic E-state index is 12.6. The van der Waals surface area contributed by atoms with Gasteiger partial charge in [-0.1, -0.05) is 30.0 Å². The van der Waals surface area contributed by atoms with Crippen molar-refractivity contribution in [2.24, 2.45) is 0 Å². The van der Waals surface area contributed by atoms with Gasteiger partial charge in [0, 0.05) is 35.7 Å². The van der Waals surface area contributed by atoms with Crippen molar-refractivity contribution in [1.29, 1.82) is 0 Å². The fourth-order valence-corrected chi connectivity index (χ4v) is 3.94. The van der Waals surface area contributed by atoms with E-state index in [2.05, 4.69) is 20.5 Å². The Hall–Kier alpha value is -3.13. The number of rotatable bonds is 6. The first kappa shape index (κ1) is 19.2. The van der Waals surface area contributed by atoms with E-state index in [0.29, 0.717) is 16.8 Å². The Morgan fingerprint density at radius 1 is 1.07 bits per heavy atom. The number of nitrogens with zero attached hydrogens (tertiary/aromatic N) is 3. The summed E-state index contributed by atoms with van der Waals surface area (Å²) in [5, 5.41) is 10.3. The molecule has 1 aliphatic rings. The summed E-state index contributed by atoms with van der Waals surface area (Å²) in [5.74, 6) is 0.551. The predicted octanol–water partition coefficient (Wildman–Crippen LogP) is 3.59. The van der Waals surface area contributed by atoms with Gasteiger partial charge in [0.05, 0.1) is 0 Å². The number of H-pyrrole nitrogens is 1. The summed E-state index contributed by atoms with van der Waals surface area (Å²) in [7, 11) is 0. The Balaban J connectivity index is 1.37. The minimum Gasteiger partial charge on any atom is -0.339 e. The van der Waals surface area contributed by atoms with Crippen LogP contribution in [0.15, 0.2) is 60.0 Å². The zero-order chi connectivity index (χ0) is 20.1. The van der Waals surface area contributed by atoms with Gasteiger partial charge in [-0.25, -0.2) is 4.98 Å². The topological polar surface area (TPSA) is 91.0 Å². The van der Waals surface area contributed by atoms with Gasteiger partial charge in [0.2, 0.25) is 0 Å². The lowest BCUT2D eigenvalue weighted by atomic mass is 10.1. The lowest BCUT2D eigenvalue weighted by Gasteiger charge is -2.15. The van der Waals surface area contributed by atoms with Crippen LogP contribution in [0.2, 0.25) is 0 Å². The van der Waals surface area contributed by atoms with E-state index in [1.54, 1.807) is 48.2 Å². The third kappa shape index (κ3) is 4.83. The van der Waals surface area contributed by atoms with Crippen molar-refractivity contribution >= 4 is 29.3 Å². The molecule has 0 spiro atoms. The van der Waals surface area contributed by atoms with Crippen LogP contribution in [-0.2, 0) is 5.75 Å². The molecule has 0 atom stereocenters. The van der Waals surface area contributed by atoms with Gasteiger partial charge >= 0.3 is 0 Å². The van der Waals surface area contributed by atoms with Crippen LogP contribution in [0.3, 0.4) is 0 Å². The third-order valence-corrected chi connectivity index (χ3v) is 5.69. The van der Waals surface area contributed by atoms with Crippen molar-refractivity contribution in [2.75, 3.05) is 18.4 Å². The predicted molar refractivity (Wildman–Crippen MR) is 112 cm³/mol. The Labute approximate surface area is 172 Å². The summed E-state index contributed by atoms with van der Waals surface area (Å²) in [6.45, 7) is 1.60. The van der Waals surface area contributed by atoms with Gasteiger partial charge in [-0.15, -0.1) is 0 Å². The van der Waals surface area contributed by atoms with Gasteiger partial charge in [0.1, 0.15) is 6.33 Å². The first-order chi connectivity index (χ1) is 14.2. The number of amides is 2. The van der Waals surface area contributed by atoms with E-state index >= 15 is 0 Å². The molecule has 2 heterocycles. The summed E-state index contributed by atoms with van der Waals surface area (Å²) >= 11 is 1.55. The lowest BCUT2D eigenvalue weighted by Crippen LogP contribution is -2.27. The fourth-order valence-electron chi connectivity index (χ4n) is 3.20. The number of aromatic amines is 1. The normalized spacial score (nSPS) is 13.4. The van der Waals surface area contributed by atoms with Gasteiger partial charge in [-0.05, 0) is 48.7 Å². The Bertz CT molecular complexity index is 983. The van der Waals surface area contributed by atoms with Crippen LogP contribution in [0.4, 0.5) is 5.69 Å². The van der Waals surface area contributed by atoms with Gasteiger partial charge in [0.25, 0.3) is 11.8 Å². The summed E-state index contributed by atoms with van der Waals surface area (Å²) in [6, 6.07) is 14.6. The Morgan fingerprint density at radius 2 is 1.86 bits per heavy atom. The summed E-state index contributed by atoms with van der Waals surface area (Å²) < 4.78 is 0. The molecule has 3 aromatic rings. The van der Waals surface area contributed by atoms with E-state index in [0.717, 1.165) is 42.4 Å². The number of carbonyl (C=O) groups is 2. The van der Waals surface area contributed by atoms with Crippen molar-refractivity contribution in [3.63, 3.8) is 0 Å². The van der Waals surface area contributed by atoms with Crippen molar-refractivity contribution in [2.45, 2.75) is 23.8 Å². The molecule has 7 nitrogen and oxygen atoms in total. The first-order valence-corrected chi connectivity index (χ1v) is 10.5. The molecule has 0 bridgehead atoms. The van der Waals surface area contributed by atoms with Crippen LogP contribution < -0.4 is 5.32 Å². The number of hydrogen-bond acceptors (Lipinski definition) is 5. The highest BCUT2D eigenvalue weighted by Crippen LogP contribution is 2.20. The smallest absolute Gasteiger partial charge is 0.255 e. The molecule has 2 amide bonds. The van der Waals surface area contributed by atoms with Crippen LogP contribution in [0, 0.1) is 0 Å². The molecule has 148 valence electrons. The Morgan fingerprint density at radius 3 is 2.59 bits per heavy atom. The van der Waals surface area contributed by atoms with E-state index in [4.69, 9.17) is 0 Å². The fraction of sp³-hybridized carbons (Fsp3) is 0.238. The van der Waals surface area contributed by atoms with Crippen molar-refractivity contribution in [3.05, 3.63) is 71.5 Å². The van der Waals surface area contributed by atoms with E-state index < -0.39 is 0 Å². The summed E-state index contributed by atoms with van der Waals surface area (Å²) in [6.07, 6.45) is 3.58. The molecule has 0 aliphatic carbocycles. The standard InChI is InChI=1S/C21H21N5O2S/c27-19(16-8-6-15(7-9-16)13-29-21-22-14-23-25-21)24-18-5-3-4-17(12-18)20(28)26-10-1-2-11-26/h3-9,12,14H,1-2,10-11,13H2,(H,24,27)(H,22,23,25). The zero-order valence-corrected chi connectivity index (χ0v) is 16.6. The molecule has 29 heavy (non-hydrogen) atoms. The molecule has 1 aliphatic heterocycles. The largest absolute Gasteiger partial charge is 0.339 e. The average Bonchev–Trinajstić information content (AvgIpc) is 3.46. The molecule has 1 fully saturated rings. The number of carbonyl (C=O) groups excluding carboxylic acids is 2. The van der Waals surface area contributed by atoms with Crippen molar-refractivity contribution in [3.8, 4) is 0 Å². The molecular formula is C21H21N5O2S. The number of anilines is 1.